The fourth-order valence-electron chi connectivity index (χ4n) is 6.86. The van der Waals surface area contributed by atoms with Crippen molar-refractivity contribution >= 4 is 28.6 Å². The highest BCUT2D eigenvalue weighted by atomic mass is 16.5. The van der Waals surface area contributed by atoms with Crippen LogP contribution in [0, 0.1) is 17.3 Å². The molecule has 3 aromatic rings. The number of hydrogen-bond acceptors (Lipinski definition) is 5. The number of carboxylic acid groups (broad SMARTS) is 1. The van der Waals surface area contributed by atoms with Crippen LogP contribution < -0.4 is 4.74 Å². The summed E-state index contributed by atoms with van der Waals surface area (Å²) in [6, 6.07) is 18.9. The standard InChI is InChI=1S/C35H38N2O5/c38-31-22-35(34(40)41)21-26(35)14-8-3-1-2-7-13-25(19-24-11-5-4-6-12-24)33(39)37-23-27(20-30(31)37)42-32-17-18-36-29-16-10-9-15-28(29)32/h4-6,8-12,14-18,25-27,30H,1-3,7,13,19-23H2,(H,40,41)/b14-8-/t25-,26-,27-,30+,35-/m1/s1. The summed E-state index contributed by atoms with van der Waals surface area (Å²) in [7, 11) is 0. The maximum Gasteiger partial charge on any atom is 0.310 e. The Balaban J connectivity index is 1.30. The SMILES string of the molecule is O=C1C[C@]2(C(=O)O)C[C@H]2/C=C\CCCCC[C@H](Cc2ccccc2)C(=O)N2C[C@H](Oc3ccnc4ccccc34)C[C@@H]12. The van der Waals surface area contributed by atoms with E-state index in [4.69, 9.17) is 4.74 Å². The van der Waals surface area contributed by atoms with Crippen LogP contribution in [-0.2, 0) is 20.8 Å². The van der Waals surface area contributed by atoms with Crippen LogP contribution in [0.25, 0.3) is 10.9 Å². The van der Waals surface area contributed by atoms with Crippen molar-refractivity contribution in [2.45, 2.75) is 69.9 Å². The summed E-state index contributed by atoms with van der Waals surface area (Å²) in [4.78, 5) is 46.8. The van der Waals surface area contributed by atoms with Crippen molar-refractivity contribution in [3.63, 3.8) is 0 Å². The van der Waals surface area contributed by atoms with Gasteiger partial charge in [0.2, 0.25) is 5.91 Å². The average molecular weight is 567 g/mol. The first-order chi connectivity index (χ1) is 20.4. The average Bonchev–Trinajstić information content (AvgIpc) is 3.53. The number of fused-ring (bicyclic) bond motifs is 3. The van der Waals surface area contributed by atoms with Crippen molar-refractivity contribution < 1.29 is 24.2 Å². The zero-order chi connectivity index (χ0) is 29.1. The molecule has 1 N–H and O–H groups in total. The van der Waals surface area contributed by atoms with Gasteiger partial charge in [-0.1, -0.05) is 67.5 Å². The molecule has 2 fully saturated rings. The van der Waals surface area contributed by atoms with Gasteiger partial charge in [-0.3, -0.25) is 19.4 Å². The number of rotatable bonds is 5. The van der Waals surface area contributed by atoms with Crippen LogP contribution in [0.5, 0.6) is 5.75 Å². The molecular weight excluding hydrogens is 528 g/mol. The molecule has 2 aromatic carbocycles. The second-order valence-electron chi connectivity index (χ2n) is 12.2. The zero-order valence-corrected chi connectivity index (χ0v) is 23.9. The van der Waals surface area contributed by atoms with Crippen LogP contribution in [-0.4, -0.2) is 51.3 Å². The lowest BCUT2D eigenvalue weighted by atomic mass is 9.90. The number of para-hydroxylation sites is 1. The van der Waals surface area contributed by atoms with E-state index in [1.54, 1.807) is 11.1 Å². The number of ketones is 1. The number of carbonyl (C=O) groups is 3. The second kappa shape index (κ2) is 12.1. The first-order valence-corrected chi connectivity index (χ1v) is 15.2. The van der Waals surface area contributed by atoms with Gasteiger partial charge in [0.05, 0.1) is 23.5 Å². The van der Waals surface area contributed by atoms with Gasteiger partial charge in [0.15, 0.2) is 5.78 Å². The molecule has 218 valence electrons. The van der Waals surface area contributed by atoms with Gasteiger partial charge in [0.1, 0.15) is 11.9 Å². The fraction of sp³-hybridized carbons (Fsp3) is 0.429. The molecule has 6 rings (SSSR count). The Labute approximate surface area is 246 Å². The van der Waals surface area contributed by atoms with E-state index in [0.717, 1.165) is 48.6 Å². The minimum absolute atomic E-state index is 0.0346. The molecule has 7 heteroatoms. The molecular formula is C35H38N2O5. The lowest BCUT2D eigenvalue weighted by Gasteiger charge is -2.29. The number of pyridine rings is 1. The first kappa shape index (κ1) is 28.1. The number of nitrogens with zero attached hydrogens (tertiary/aromatic N) is 2. The molecule has 3 aliphatic rings. The molecule has 0 bridgehead atoms. The Hall–Kier alpha value is -4.00. The number of allylic oxidation sites excluding steroid dienone is 2. The number of carbonyl (C=O) groups excluding carboxylic acids is 2. The van der Waals surface area contributed by atoms with E-state index in [2.05, 4.69) is 11.1 Å². The summed E-state index contributed by atoms with van der Waals surface area (Å²) in [5.41, 5.74) is 0.834. The molecule has 0 unspecified atom stereocenters. The number of Topliss-reactive ketones (excluding diaryl/α,β-unsaturated/α-hetero) is 1. The molecule has 1 saturated heterocycles. The molecule has 1 amide bonds. The molecule has 1 aromatic heterocycles. The summed E-state index contributed by atoms with van der Waals surface area (Å²) in [5.74, 6) is -0.873. The minimum Gasteiger partial charge on any atom is -0.488 e. The van der Waals surface area contributed by atoms with E-state index < -0.39 is 17.4 Å². The number of amides is 1. The van der Waals surface area contributed by atoms with Crippen LogP contribution in [0.1, 0.15) is 56.9 Å². The number of aliphatic carboxylic acids is 1. The van der Waals surface area contributed by atoms with Gasteiger partial charge >= 0.3 is 5.97 Å². The molecule has 1 saturated carbocycles. The van der Waals surface area contributed by atoms with Crippen LogP contribution in [0.15, 0.2) is 79.0 Å². The number of carboxylic acids is 1. The van der Waals surface area contributed by atoms with E-state index >= 15 is 0 Å². The van der Waals surface area contributed by atoms with E-state index in [1.165, 1.54) is 0 Å². The molecule has 0 radical (unpaired) electrons. The Morgan fingerprint density at radius 3 is 2.67 bits per heavy atom. The summed E-state index contributed by atoms with van der Waals surface area (Å²) >= 11 is 0. The molecule has 0 spiro atoms. The molecule has 2 aliphatic heterocycles. The topological polar surface area (TPSA) is 96.8 Å². The van der Waals surface area contributed by atoms with Crippen molar-refractivity contribution in [2.75, 3.05) is 6.54 Å². The van der Waals surface area contributed by atoms with Gasteiger partial charge < -0.3 is 14.7 Å². The van der Waals surface area contributed by atoms with E-state index in [1.807, 2.05) is 66.7 Å². The van der Waals surface area contributed by atoms with Crippen molar-refractivity contribution in [2.24, 2.45) is 17.3 Å². The first-order valence-electron chi connectivity index (χ1n) is 15.2. The lowest BCUT2D eigenvalue weighted by Crippen LogP contribution is -2.45. The van der Waals surface area contributed by atoms with Crippen LogP contribution in [0.2, 0.25) is 0 Å². The number of benzene rings is 2. The van der Waals surface area contributed by atoms with Crippen LogP contribution in [0.4, 0.5) is 0 Å². The summed E-state index contributed by atoms with van der Waals surface area (Å²) in [6.07, 6.45) is 11.3. The maximum absolute atomic E-state index is 14.3. The molecule has 3 heterocycles. The third-order valence-electron chi connectivity index (χ3n) is 9.34. The van der Waals surface area contributed by atoms with E-state index in [0.29, 0.717) is 31.6 Å². The maximum atomic E-state index is 14.3. The highest BCUT2D eigenvalue weighted by Gasteiger charge is 2.61. The third kappa shape index (κ3) is 5.83. The monoisotopic (exact) mass is 566 g/mol. The van der Waals surface area contributed by atoms with Gasteiger partial charge in [-0.15, -0.1) is 0 Å². The Kier molecular flexibility index (Phi) is 8.09. The van der Waals surface area contributed by atoms with E-state index in [9.17, 15) is 19.5 Å². The van der Waals surface area contributed by atoms with Crippen molar-refractivity contribution in [3.8, 4) is 5.75 Å². The predicted octanol–water partition coefficient (Wildman–Crippen LogP) is 6.01. The van der Waals surface area contributed by atoms with E-state index in [-0.39, 0.29) is 36.1 Å². The third-order valence-corrected chi connectivity index (χ3v) is 9.34. The second-order valence-corrected chi connectivity index (χ2v) is 12.2. The zero-order valence-electron chi connectivity index (χ0n) is 23.9. The van der Waals surface area contributed by atoms with Crippen molar-refractivity contribution in [1.29, 1.82) is 0 Å². The summed E-state index contributed by atoms with van der Waals surface area (Å²) in [6.45, 7) is 0.292. The fourth-order valence-corrected chi connectivity index (χ4v) is 6.86. The molecule has 1 aliphatic carbocycles. The Bertz CT molecular complexity index is 1480. The summed E-state index contributed by atoms with van der Waals surface area (Å²) in [5, 5.41) is 11.0. The Morgan fingerprint density at radius 1 is 1.02 bits per heavy atom. The van der Waals surface area contributed by atoms with Crippen LogP contribution >= 0.6 is 0 Å². The minimum atomic E-state index is -1.08. The normalized spacial score (nSPS) is 29.2. The predicted molar refractivity (Wildman–Crippen MR) is 160 cm³/mol. The Morgan fingerprint density at radius 2 is 1.83 bits per heavy atom. The number of ether oxygens (including phenoxy) is 1. The highest BCUT2D eigenvalue weighted by molar-refractivity contribution is 5.95. The molecule has 42 heavy (non-hydrogen) atoms. The van der Waals surface area contributed by atoms with Gasteiger partial charge in [0, 0.05) is 30.3 Å². The lowest BCUT2D eigenvalue weighted by molar-refractivity contribution is -0.147. The highest BCUT2D eigenvalue weighted by Crippen LogP contribution is 2.57. The number of hydrogen-bond donors (Lipinski definition) is 1. The van der Waals surface area contributed by atoms with Crippen LogP contribution in [0.3, 0.4) is 0 Å². The van der Waals surface area contributed by atoms with Crippen molar-refractivity contribution in [3.05, 3.63) is 84.6 Å². The molecule has 5 atom stereocenters. The quantitative estimate of drug-likeness (QED) is 0.380. The van der Waals surface area contributed by atoms with Gasteiger partial charge in [-0.05, 0) is 61.8 Å². The smallest absolute Gasteiger partial charge is 0.310 e. The van der Waals surface area contributed by atoms with Gasteiger partial charge in [0.25, 0.3) is 0 Å². The summed E-state index contributed by atoms with van der Waals surface area (Å²) < 4.78 is 6.48. The van der Waals surface area contributed by atoms with Gasteiger partial charge in [-0.25, -0.2) is 0 Å². The largest absolute Gasteiger partial charge is 0.488 e. The number of aromatic nitrogens is 1. The van der Waals surface area contributed by atoms with Gasteiger partial charge in [-0.2, -0.15) is 0 Å². The van der Waals surface area contributed by atoms with Crippen molar-refractivity contribution in [1.82, 2.24) is 9.88 Å². The molecule has 7 nitrogen and oxygen atoms in total.